The van der Waals surface area contributed by atoms with E-state index in [1.807, 2.05) is 30.5 Å². The molecule has 4 nitrogen and oxygen atoms in total. The van der Waals surface area contributed by atoms with Gasteiger partial charge in [0, 0.05) is 12.4 Å². The van der Waals surface area contributed by atoms with Gasteiger partial charge >= 0.3 is 0 Å². The molecule has 106 valence electrons. The number of nitrogens with zero attached hydrogens (tertiary/aromatic N) is 1. The van der Waals surface area contributed by atoms with Crippen LogP contribution in [0.2, 0.25) is 5.02 Å². The van der Waals surface area contributed by atoms with Crippen molar-refractivity contribution in [3.05, 3.63) is 58.4 Å². The first-order valence-electron chi connectivity index (χ1n) is 6.43. The highest BCUT2D eigenvalue weighted by Gasteiger charge is 2.17. The number of hydrogen-bond donors (Lipinski definition) is 2. The van der Waals surface area contributed by atoms with Crippen LogP contribution in [-0.2, 0) is 6.42 Å². The van der Waals surface area contributed by atoms with Gasteiger partial charge in [0.05, 0.1) is 18.2 Å². The Morgan fingerprint density at radius 2 is 2.20 bits per heavy atom. The number of nitrogens with one attached hydrogen (secondary N) is 1. The Morgan fingerprint density at radius 1 is 1.40 bits per heavy atom. The van der Waals surface area contributed by atoms with Gasteiger partial charge in [-0.1, -0.05) is 24.6 Å². The van der Waals surface area contributed by atoms with Crippen LogP contribution in [0.15, 0.2) is 36.7 Å². The number of benzene rings is 1. The fourth-order valence-electron chi connectivity index (χ4n) is 2.24. The fraction of sp³-hybridized carbons (Fsp3) is 0.267. The van der Waals surface area contributed by atoms with Crippen molar-refractivity contribution in [3.63, 3.8) is 0 Å². The number of hydrogen-bond acceptors (Lipinski definition) is 4. The summed E-state index contributed by atoms with van der Waals surface area (Å²) < 4.78 is 5.26. The van der Waals surface area contributed by atoms with E-state index in [4.69, 9.17) is 22.2 Å². The van der Waals surface area contributed by atoms with Gasteiger partial charge in [0.25, 0.3) is 0 Å². The summed E-state index contributed by atoms with van der Waals surface area (Å²) in [5.74, 6) is 6.38. The zero-order valence-corrected chi connectivity index (χ0v) is 12.3. The van der Waals surface area contributed by atoms with E-state index in [9.17, 15) is 0 Å². The Balaban J connectivity index is 2.47. The molecular formula is C15H18ClN3O. The summed E-state index contributed by atoms with van der Waals surface area (Å²) in [6.07, 6.45) is 4.53. The molecule has 0 amide bonds. The molecule has 0 aliphatic carbocycles. The third-order valence-corrected chi connectivity index (χ3v) is 3.62. The van der Waals surface area contributed by atoms with E-state index in [0.29, 0.717) is 10.8 Å². The molecule has 2 rings (SSSR count). The Morgan fingerprint density at radius 3 is 2.85 bits per heavy atom. The topological polar surface area (TPSA) is 60.2 Å². The Hall–Kier alpha value is -1.62. The van der Waals surface area contributed by atoms with E-state index >= 15 is 0 Å². The van der Waals surface area contributed by atoms with E-state index in [2.05, 4.69) is 17.3 Å². The summed E-state index contributed by atoms with van der Waals surface area (Å²) in [5.41, 5.74) is 6.11. The average molecular weight is 292 g/mol. The minimum atomic E-state index is -0.126. The number of pyridine rings is 1. The van der Waals surface area contributed by atoms with E-state index < -0.39 is 0 Å². The number of aromatic nitrogens is 1. The van der Waals surface area contributed by atoms with E-state index in [0.717, 1.165) is 23.1 Å². The molecule has 0 aliphatic heterocycles. The molecule has 1 unspecified atom stereocenters. The van der Waals surface area contributed by atoms with E-state index in [1.165, 1.54) is 0 Å². The number of halogens is 1. The normalized spacial score (nSPS) is 12.2. The van der Waals surface area contributed by atoms with Crippen LogP contribution in [0.1, 0.15) is 29.7 Å². The SMILES string of the molecule is CCc1cnccc1C(NN)c1ccc(Cl)c(OC)c1. The number of methoxy groups -OCH3 is 1. The molecule has 1 heterocycles. The molecule has 2 aromatic rings. The van der Waals surface area contributed by atoms with Gasteiger partial charge in [0.2, 0.25) is 0 Å². The van der Waals surface area contributed by atoms with Gasteiger partial charge < -0.3 is 4.74 Å². The third kappa shape index (κ3) is 2.93. The molecule has 0 saturated heterocycles. The largest absolute Gasteiger partial charge is 0.495 e. The lowest BCUT2D eigenvalue weighted by molar-refractivity contribution is 0.414. The van der Waals surface area contributed by atoms with Crippen molar-refractivity contribution in [2.24, 2.45) is 5.84 Å². The average Bonchev–Trinajstić information content (AvgIpc) is 2.50. The van der Waals surface area contributed by atoms with Gasteiger partial charge in [-0.15, -0.1) is 0 Å². The molecule has 1 aromatic carbocycles. The summed E-state index contributed by atoms with van der Waals surface area (Å²) in [5, 5.41) is 0.581. The van der Waals surface area contributed by atoms with Gasteiger partial charge in [0.1, 0.15) is 5.75 Å². The summed E-state index contributed by atoms with van der Waals surface area (Å²) >= 11 is 6.06. The van der Waals surface area contributed by atoms with Gasteiger partial charge in [-0.3, -0.25) is 10.8 Å². The molecule has 0 bridgehead atoms. The van der Waals surface area contributed by atoms with Gasteiger partial charge in [-0.25, -0.2) is 5.43 Å². The number of rotatable bonds is 5. The van der Waals surface area contributed by atoms with Crippen LogP contribution in [0.3, 0.4) is 0 Å². The van der Waals surface area contributed by atoms with Crippen LogP contribution in [0.25, 0.3) is 0 Å². The second-order valence-electron chi connectivity index (χ2n) is 4.42. The van der Waals surface area contributed by atoms with Crippen molar-refractivity contribution < 1.29 is 4.74 Å². The number of aryl methyl sites for hydroxylation is 1. The lowest BCUT2D eigenvalue weighted by atomic mass is 9.95. The van der Waals surface area contributed by atoms with Crippen molar-refractivity contribution in [1.29, 1.82) is 0 Å². The molecule has 0 radical (unpaired) electrons. The van der Waals surface area contributed by atoms with Crippen LogP contribution in [0.5, 0.6) is 5.75 Å². The second kappa shape index (κ2) is 6.70. The quantitative estimate of drug-likeness (QED) is 0.657. The zero-order chi connectivity index (χ0) is 14.5. The highest BCUT2D eigenvalue weighted by Crippen LogP contribution is 2.31. The molecule has 0 fully saturated rings. The Labute approximate surface area is 123 Å². The van der Waals surface area contributed by atoms with Crippen molar-refractivity contribution in [1.82, 2.24) is 10.4 Å². The Bertz CT molecular complexity index is 589. The van der Waals surface area contributed by atoms with Crippen LogP contribution in [0.4, 0.5) is 0 Å². The fourth-order valence-corrected chi connectivity index (χ4v) is 2.43. The summed E-state index contributed by atoms with van der Waals surface area (Å²) in [6.45, 7) is 2.09. The molecule has 0 aliphatic rings. The first kappa shape index (κ1) is 14.8. The van der Waals surface area contributed by atoms with Gasteiger partial charge in [-0.05, 0) is 41.3 Å². The summed E-state index contributed by atoms with van der Waals surface area (Å²) in [6, 6.07) is 7.50. The third-order valence-electron chi connectivity index (χ3n) is 3.31. The minimum absolute atomic E-state index is 0.126. The number of ether oxygens (including phenoxy) is 1. The summed E-state index contributed by atoms with van der Waals surface area (Å²) in [4.78, 5) is 4.16. The maximum Gasteiger partial charge on any atom is 0.137 e. The zero-order valence-electron chi connectivity index (χ0n) is 11.6. The molecule has 5 heteroatoms. The minimum Gasteiger partial charge on any atom is -0.495 e. The van der Waals surface area contributed by atoms with Crippen molar-refractivity contribution in [2.75, 3.05) is 7.11 Å². The van der Waals surface area contributed by atoms with Crippen LogP contribution in [0, 0.1) is 0 Å². The first-order valence-corrected chi connectivity index (χ1v) is 6.81. The molecule has 20 heavy (non-hydrogen) atoms. The predicted octanol–water partition coefficient (Wildman–Crippen LogP) is 2.86. The van der Waals surface area contributed by atoms with Crippen LogP contribution < -0.4 is 16.0 Å². The first-order chi connectivity index (χ1) is 9.71. The smallest absolute Gasteiger partial charge is 0.137 e. The molecule has 3 N–H and O–H groups in total. The Kier molecular flexibility index (Phi) is 4.95. The van der Waals surface area contributed by atoms with Crippen molar-refractivity contribution in [3.8, 4) is 5.75 Å². The number of hydrazine groups is 1. The molecule has 1 atom stereocenters. The maximum absolute atomic E-state index is 6.06. The van der Waals surface area contributed by atoms with Crippen LogP contribution >= 0.6 is 11.6 Å². The van der Waals surface area contributed by atoms with E-state index in [1.54, 1.807) is 13.3 Å². The van der Waals surface area contributed by atoms with Crippen molar-refractivity contribution in [2.45, 2.75) is 19.4 Å². The lowest BCUT2D eigenvalue weighted by Crippen LogP contribution is -2.29. The van der Waals surface area contributed by atoms with E-state index in [-0.39, 0.29) is 6.04 Å². The maximum atomic E-state index is 6.06. The molecular weight excluding hydrogens is 274 g/mol. The highest BCUT2D eigenvalue weighted by molar-refractivity contribution is 6.32. The van der Waals surface area contributed by atoms with Gasteiger partial charge in [0.15, 0.2) is 0 Å². The van der Waals surface area contributed by atoms with Gasteiger partial charge in [-0.2, -0.15) is 0 Å². The standard InChI is InChI=1S/C15H18ClN3O/c1-3-10-9-18-7-6-12(10)15(19-17)11-4-5-13(16)14(8-11)20-2/h4-9,15,19H,3,17H2,1-2H3. The molecule has 0 saturated carbocycles. The molecule has 0 spiro atoms. The van der Waals surface area contributed by atoms with Crippen LogP contribution in [-0.4, -0.2) is 12.1 Å². The molecule has 1 aromatic heterocycles. The predicted molar refractivity (Wildman–Crippen MR) is 80.8 cm³/mol. The summed E-state index contributed by atoms with van der Waals surface area (Å²) in [7, 11) is 1.60. The highest BCUT2D eigenvalue weighted by atomic mass is 35.5. The number of nitrogens with two attached hydrogens (primary N) is 1. The van der Waals surface area contributed by atoms with Crippen molar-refractivity contribution >= 4 is 11.6 Å². The lowest BCUT2D eigenvalue weighted by Gasteiger charge is -2.20. The monoisotopic (exact) mass is 291 g/mol. The second-order valence-corrected chi connectivity index (χ2v) is 4.83.